The molecule has 8 heteroatoms. The van der Waals surface area contributed by atoms with E-state index in [-0.39, 0.29) is 4.88 Å². The van der Waals surface area contributed by atoms with E-state index >= 15 is 0 Å². The molecule has 0 bridgehead atoms. The molecule has 0 fully saturated rings. The van der Waals surface area contributed by atoms with Crippen molar-refractivity contribution < 1.29 is 18.0 Å². The Morgan fingerprint density at radius 3 is 2.69 bits per heavy atom. The van der Waals surface area contributed by atoms with Gasteiger partial charge in [0.2, 0.25) is 0 Å². The topological polar surface area (TPSA) is 58.6 Å². The van der Waals surface area contributed by atoms with Gasteiger partial charge in [0.15, 0.2) is 0 Å². The van der Waals surface area contributed by atoms with Gasteiger partial charge in [-0.2, -0.15) is 28.6 Å². The molecule has 2 aromatic heterocycles. The minimum absolute atomic E-state index is 0.356. The fourth-order valence-electron chi connectivity index (χ4n) is 1.06. The van der Waals surface area contributed by atoms with Crippen molar-refractivity contribution in [1.29, 1.82) is 0 Å². The van der Waals surface area contributed by atoms with Gasteiger partial charge < -0.3 is 0 Å². The van der Waals surface area contributed by atoms with Gasteiger partial charge in [-0.25, -0.2) is 0 Å². The van der Waals surface area contributed by atoms with Crippen molar-refractivity contribution in [3.63, 3.8) is 0 Å². The zero-order valence-corrected chi connectivity index (χ0v) is 8.39. The average molecular weight is 247 g/mol. The number of ketones is 1. The van der Waals surface area contributed by atoms with E-state index in [2.05, 4.69) is 15.4 Å². The molecule has 16 heavy (non-hydrogen) atoms. The monoisotopic (exact) mass is 247 g/mol. The molecule has 0 spiro atoms. The number of carbonyl (C=O) groups is 1. The number of thiophene rings is 1. The number of Topliss-reactive ketones (excluding diaryl/α,β-unsaturated/α-hetero) is 1. The summed E-state index contributed by atoms with van der Waals surface area (Å²) in [6.07, 6.45) is -3.47. The molecule has 0 atom stereocenters. The number of H-pyrrole nitrogens is 1. The molecule has 0 amide bonds. The molecule has 0 saturated heterocycles. The Hall–Kier alpha value is -1.70. The van der Waals surface area contributed by atoms with E-state index in [0.29, 0.717) is 10.6 Å². The molecular weight excluding hydrogens is 243 g/mol. The summed E-state index contributed by atoms with van der Waals surface area (Å²) < 4.78 is 36.3. The van der Waals surface area contributed by atoms with Crippen LogP contribution in [0.15, 0.2) is 18.3 Å². The highest BCUT2D eigenvalue weighted by Gasteiger charge is 2.40. The van der Waals surface area contributed by atoms with E-state index in [9.17, 15) is 18.0 Å². The molecule has 0 saturated carbocycles. The lowest BCUT2D eigenvalue weighted by molar-refractivity contribution is -0.0882. The van der Waals surface area contributed by atoms with Gasteiger partial charge in [-0.15, -0.1) is 11.3 Å². The first-order valence-corrected chi connectivity index (χ1v) is 4.87. The Balaban J connectivity index is 2.31. The molecule has 0 unspecified atom stereocenters. The molecule has 0 aliphatic carbocycles. The second-order valence-electron chi connectivity index (χ2n) is 2.85. The van der Waals surface area contributed by atoms with Crippen molar-refractivity contribution in [2.75, 3.05) is 0 Å². The number of rotatable bonds is 2. The Morgan fingerprint density at radius 1 is 1.38 bits per heavy atom. The lowest BCUT2D eigenvalue weighted by atomic mass is 10.3. The second-order valence-corrected chi connectivity index (χ2v) is 3.93. The number of hydrogen-bond donors (Lipinski definition) is 1. The number of aromatic nitrogens is 3. The molecule has 2 rings (SSSR count). The van der Waals surface area contributed by atoms with Gasteiger partial charge in [-0.1, -0.05) is 0 Å². The third-order valence-electron chi connectivity index (χ3n) is 1.75. The second kappa shape index (κ2) is 3.71. The Bertz CT molecular complexity index is 503. The van der Waals surface area contributed by atoms with Crippen molar-refractivity contribution in [3.05, 3.63) is 23.2 Å². The standard InChI is InChI=1S/C8H4F3N3OS/c9-8(10,11)7(15)6-2-1-5(16-6)4-3-12-14-13-4/h1-3H,(H,12,13,14). The van der Waals surface area contributed by atoms with Crippen LogP contribution in [-0.4, -0.2) is 27.4 Å². The summed E-state index contributed by atoms with van der Waals surface area (Å²) in [6, 6.07) is 2.53. The van der Waals surface area contributed by atoms with E-state index < -0.39 is 12.0 Å². The van der Waals surface area contributed by atoms with Crippen LogP contribution in [0.5, 0.6) is 0 Å². The molecular formula is C8H4F3N3OS. The minimum atomic E-state index is -4.84. The van der Waals surface area contributed by atoms with Crippen LogP contribution in [0, 0.1) is 0 Å². The molecule has 0 aromatic carbocycles. The lowest BCUT2D eigenvalue weighted by Gasteiger charge is -2.00. The van der Waals surface area contributed by atoms with E-state index in [1.165, 1.54) is 12.3 Å². The minimum Gasteiger partial charge on any atom is -0.283 e. The van der Waals surface area contributed by atoms with Gasteiger partial charge in [-0.05, 0) is 12.1 Å². The maximum absolute atomic E-state index is 12.1. The number of aromatic amines is 1. The van der Waals surface area contributed by atoms with Gasteiger partial charge in [-0.3, -0.25) is 4.79 Å². The van der Waals surface area contributed by atoms with Crippen LogP contribution in [0.3, 0.4) is 0 Å². The molecule has 4 nitrogen and oxygen atoms in total. The van der Waals surface area contributed by atoms with E-state index in [1.54, 1.807) is 0 Å². The first kappa shape index (κ1) is 10.8. The molecule has 0 aliphatic rings. The first-order chi connectivity index (χ1) is 7.48. The number of nitrogens with zero attached hydrogens (tertiary/aromatic N) is 2. The maximum Gasteiger partial charge on any atom is 0.455 e. The number of carbonyl (C=O) groups excluding carboxylic acids is 1. The lowest BCUT2D eigenvalue weighted by Crippen LogP contribution is -2.21. The summed E-state index contributed by atoms with van der Waals surface area (Å²) in [6.45, 7) is 0. The quantitative estimate of drug-likeness (QED) is 0.828. The van der Waals surface area contributed by atoms with Crippen LogP contribution in [-0.2, 0) is 0 Å². The Labute approximate surface area is 91.1 Å². The summed E-state index contributed by atoms with van der Waals surface area (Å²) in [5.74, 6) is -1.84. The summed E-state index contributed by atoms with van der Waals surface area (Å²) in [5.41, 5.74) is 0.409. The zero-order chi connectivity index (χ0) is 11.8. The number of alkyl halides is 3. The van der Waals surface area contributed by atoms with Crippen molar-refractivity contribution >= 4 is 17.1 Å². The van der Waals surface area contributed by atoms with Crippen molar-refractivity contribution in [1.82, 2.24) is 15.4 Å². The van der Waals surface area contributed by atoms with Gasteiger partial charge in [0, 0.05) is 0 Å². The third-order valence-corrected chi connectivity index (χ3v) is 2.86. The Kier molecular flexibility index (Phi) is 2.50. The van der Waals surface area contributed by atoms with Crippen molar-refractivity contribution in [2.24, 2.45) is 0 Å². The summed E-state index contributed by atoms with van der Waals surface area (Å²) in [5, 5.41) is 9.56. The molecule has 0 radical (unpaired) electrons. The smallest absolute Gasteiger partial charge is 0.283 e. The van der Waals surface area contributed by atoms with Crippen LogP contribution in [0.4, 0.5) is 13.2 Å². The van der Waals surface area contributed by atoms with Crippen LogP contribution < -0.4 is 0 Å². The van der Waals surface area contributed by atoms with Crippen molar-refractivity contribution in [2.45, 2.75) is 6.18 Å². The summed E-state index contributed by atoms with van der Waals surface area (Å²) >= 11 is 0.734. The molecule has 84 valence electrons. The fourth-order valence-corrected chi connectivity index (χ4v) is 1.98. The normalized spacial score (nSPS) is 11.7. The highest BCUT2D eigenvalue weighted by atomic mass is 32.1. The summed E-state index contributed by atoms with van der Waals surface area (Å²) in [7, 11) is 0. The largest absolute Gasteiger partial charge is 0.455 e. The predicted molar refractivity (Wildman–Crippen MR) is 50.1 cm³/mol. The van der Waals surface area contributed by atoms with Gasteiger partial charge >= 0.3 is 6.18 Å². The average Bonchev–Trinajstić information content (AvgIpc) is 2.85. The maximum atomic E-state index is 12.1. The van der Waals surface area contributed by atoms with E-state index in [4.69, 9.17) is 0 Å². The Morgan fingerprint density at radius 2 is 2.12 bits per heavy atom. The molecule has 1 N–H and O–H groups in total. The van der Waals surface area contributed by atoms with E-state index in [1.807, 2.05) is 0 Å². The van der Waals surface area contributed by atoms with Crippen LogP contribution in [0.1, 0.15) is 9.67 Å². The van der Waals surface area contributed by atoms with Gasteiger partial charge in [0.1, 0.15) is 5.69 Å². The SMILES string of the molecule is O=C(c1ccc(-c2cn[nH]n2)s1)C(F)(F)F. The fraction of sp³-hybridized carbons (Fsp3) is 0.125. The van der Waals surface area contributed by atoms with Gasteiger partial charge in [0.25, 0.3) is 5.78 Å². The molecule has 0 aliphatic heterocycles. The predicted octanol–water partition coefficient (Wildman–Crippen LogP) is 2.28. The first-order valence-electron chi connectivity index (χ1n) is 4.06. The third kappa shape index (κ3) is 1.96. The highest BCUT2D eigenvalue weighted by Crippen LogP contribution is 2.30. The summed E-state index contributed by atoms with van der Waals surface area (Å²) in [4.78, 5) is 11.0. The molecule has 2 heterocycles. The van der Waals surface area contributed by atoms with Crippen LogP contribution in [0.25, 0.3) is 10.6 Å². The van der Waals surface area contributed by atoms with E-state index in [0.717, 1.165) is 17.4 Å². The number of hydrogen-bond acceptors (Lipinski definition) is 4. The zero-order valence-electron chi connectivity index (χ0n) is 7.58. The molecule has 2 aromatic rings. The van der Waals surface area contributed by atoms with Crippen molar-refractivity contribution in [3.8, 4) is 10.6 Å². The van der Waals surface area contributed by atoms with Gasteiger partial charge in [0.05, 0.1) is 16.0 Å². The number of nitrogens with one attached hydrogen (secondary N) is 1. The highest BCUT2D eigenvalue weighted by molar-refractivity contribution is 7.17. The number of halogens is 3. The van der Waals surface area contributed by atoms with Crippen LogP contribution in [0.2, 0.25) is 0 Å². The van der Waals surface area contributed by atoms with Crippen LogP contribution >= 0.6 is 11.3 Å².